The number of aromatic nitrogens is 2. The van der Waals surface area contributed by atoms with Crippen LogP contribution in [0.5, 0.6) is 0 Å². The van der Waals surface area contributed by atoms with E-state index < -0.39 is 12.6 Å². The van der Waals surface area contributed by atoms with E-state index in [0.29, 0.717) is 22.8 Å². The van der Waals surface area contributed by atoms with Crippen molar-refractivity contribution in [3.05, 3.63) is 35.7 Å². The monoisotopic (exact) mass is 264 g/mol. The van der Waals surface area contributed by atoms with E-state index >= 15 is 0 Å². The first-order chi connectivity index (χ1) is 9.20. The Kier molecular flexibility index (Phi) is 4.22. The third-order valence-electron chi connectivity index (χ3n) is 2.40. The summed E-state index contributed by atoms with van der Waals surface area (Å²) >= 11 is 0. The molecule has 100 valence electrons. The molecule has 0 aliphatic rings. The van der Waals surface area contributed by atoms with Crippen LogP contribution in [0.2, 0.25) is 0 Å². The molecule has 0 fully saturated rings. The van der Waals surface area contributed by atoms with E-state index in [1.807, 2.05) is 0 Å². The van der Waals surface area contributed by atoms with Gasteiger partial charge >= 0.3 is 5.97 Å². The predicted molar refractivity (Wildman–Crippen MR) is 65.3 cm³/mol. The molecule has 1 aromatic heterocycles. The van der Waals surface area contributed by atoms with Gasteiger partial charge in [0.1, 0.15) is 0 Å². The number of nitrogens with zero attached hydrogens (tertiary/aromatic N) is 2. The first kappa shape index (κ1) is 13.2. The smallest absolute Gasteiger partial charge is 0.338 e. The highest BCUT2D eigenvalue weighted by Gasteiger charge is 2.11. The number of benzene rings is 1. The zero-order valence-corrected chi connectivity index (χ0v) is 10.4. The predicted octanol–water partition coefficient (Wildman–Crippen LogP) is 2.56. The van der Waals surface area contributed by atoms with Gasteiger partial charge in [0.2, 0.25) is 11.7 Å². The molecule has 1 aromatic carbocycles. The molecule has 0 N–H and O–H groups in total. The summed E-state index contributed by atoms with van der Waals surface area (Å²) in [6.07, 6.45) is 0.204. The maximum atomic E-state index is 11.9. The molecule has 0 aliphatic carbocycles. The van der Waals surface area contributed by atoms with Crippen molar-refractivity contribution >= 4 is 5.97 Å². The lowest BCUT2D eigenvalue weighted by atomic mass is 10.1. The van der Waals surface area contributed by atoms with E-state index in [4.69, 9.17) is 9.26 Å². The Hall–Kier alpha value is -2.24. The molecule has 0 amide bonds. The number of hydrogen-bond acceptors (Lipinski definition) is 5. The Morgan fingerprint density at radius 2 is 2.32 bits per heavy atom. The van der Waals surface area contributed by atoms with Crippen LogP contribution in [0.4, 0.5) is 4.39 Å². The van der Waals surface area contributed by atoms with E-state index in [9.17, 15) is 9.18 Å². The highest BCUT2D eigenvalue weighted by molar-refractivity contribution is 5.90. The average molecular weight is 264 g/mol. The summed E-state index contributed by atoms with van der Waals surface area (Å²) < 4.78 is 21.7. The standard InChI is InChI=1S/C13H13FN2O3/c1-9-15-12(16-19-9)10-4-2-5-11(8-10)13(17)18-7-3-6-14/h2,4-5,8H,3,6-7H2,1H3. The van der Waals surface area contributed by atoms with Gasteiger partial charge in [0.15, 0.2) is 0 Å². The van der Waals surface area contributed by atoms with Gasteiger partial charge in [0, 0.05) is 18.9 Å². The molecule has 5 nitrogen and oxygen atoms in total. The van der Waals surface area contributed by atoms with Crippen LogP contribution in [0.1, 0.15) is 22.7 Å². The van der Waals surface area contributed by atoms with E-state index in [2.05, 4.69) is 10.1 Å². The average Bonchev–Trinajstić information content (AvgIpc) is 2.86. The van der Waals surface area contributed by atoms with Gasteiger partial charge in [-0.2, -0.15) is 4.98 Å². The lowest BCUT2D eigenvalue weighted by Crippen LogP contribution is -2.07. The summed E-state index contributed by atoms with van der Waals surface area (Å²) in [5.41, 5.74) is 1.04. The fourth-order valence-electron chi connectivity index (χ4n) is 1.50. The van der Waals surface area contributed by atoms with Gasteiger partial charge in [-0.25, -0.2) is 4.79 Å². The van der Waals surface area contributed by atoms with Crippen LogP contribution in [-0.4, -0.2) is 29.4 Å². The van der Waals surface area contributed by atoms with Gasteiger partial charge in [-0.05, 0) is 12.1 Å². The lowest BCUT2D eigenvalue weighted by molar-refractivity contribution is 0.0494. The maximum absolute atomic E-state index is 11.9. The zero-order valence-electron chi connectivity index (χ0n) is 10.4. The van der Waals surface area contributed by atoms with Gasteiger partial charge < -0.3 is 9.26 Å². The quantitative estimate of drug-likeness (QED) is 0.613. The van der Waals surface area contributed by atoms with E-state index in [0.717, 1.165) is 0 Å². The third-order valence-corrected chi connectivity index (χ3v) is 2.40. The number of hydrogen-bond donors (Lipinski definition) is 0. The summed E-state index contributed by atoms with van der Waals surface area (Å²) in [5, 5.41) is 3.77. The van der Waals surface area contributed by atoms with Gasteiger partial charge in [0.05, 0.1) is 18.8 Å². The molecule has 0 saturated carbocycles. The summed E-state index contributed by atoms with van der Waals surface area (Å²) in [6, 6.07) is 6.70. The van der Waals surface area contributed by atoms with E-state index in [1.54, 1.807) is 31.2 Å². The molecule has 2 rings (SSSR count). The second-order valence-electron chi connectivity index (χ2n) is 3.90. The minimum Gasteiger partial charge on any atom is -0.462 e. The number of carbonyl (C=O) groups is 1. The van der Waals surface area contributed by atoms with Crippen molar-refractivity contribution in [2.24, 2.45) is 0 Å². The molecule has 0 unspecified atom stereocenters. The molecule has 0 radical (unpaired) electrons. The molecular formula is C13H13FN2O3. The van der Waals surface area contributed by atoms with Gasteiger partial charge in [-0.3, -0.25) is 4.39 Å². The fraction of sp³-hybridized carbons (Fsp3) is 0.308. The van der Waals surface area contributed by atoms with Crippen LogP contribution in [0.25, 0.3) is 11.4 Å². The molecule has 0 atom stereocenters. The van der Waals surface area contributed by atoms with Crippen LogP contribution in [-0.2, 0) is 4.74 Å². The van der Waals surface area contributed by atoms with Crippen LogP contribution in [0, 0.1) is 6.92 Å². The van der Waals surface area contributed by atoms with Crippen molar-refractivity contribution in [3.63, 3.8) is 0 Å². The molecule has 0 aliphatic heterocycles. The molecule has 6 heteroatoms. The Morgan fingerprint density at radius 1 is 1.47 bits per heavy atom. The molecule has 0 saturated heterocycles. The highest BCUT2D eigenvalue weighted by Crippen LogP contribution is 2.17. The van der Waals surface area contributed by atoms with Crippen LogP contribution >= 0.6 is 0 Å². The number of aryl methyl sites for hydroxylation is 1. The Bertz CT molecular complexity index is 569. The van der Waals surface area contributed by atoms with Gasteiger partial charge in [0.25, 0.3) is 0 Å². The van der Waals surface area contributed by atoms with E-state index in [1.165, 1.54) is 0 Å². The van der Waals surface area contributed by atoms with Crippen LogP contribution in [0.3, 0.4) is 0 Å². The summed E-state index contributed by atoms with van der Waals surface area (Å²) in [4.78, 5) is 15.8. The molecule has 0 spiro atoms. The van der Waals surface area contributed by atoms with Crippen molar-refractivity contribution in [2.75, 3.05) is 13.3 Å². The minimum absolute atomic E-state index is 0.0703. The minimum atomic E-state index is -0.505. The first-order valence-corrected chi connectivity index (χ1v) is 5.84. The number of rotatable bonds is 5. The van der Waals surface area contributed by atoms with Crippen molar-refractivity contribution in [1.82, 2.24) is 10.1 Å². The summed E-state index contributed by atoms with van der Waals surface area (Å²) in [6.45, 7) is 1.25. The van der Waals surface area contributed by atoms with Crippen molar-refractivity contribution < 1.29 is 18.4 Å². The SMILES string of the molecule is Cc1nc(-c2cccc(C(=O)OCCCF)c2)no1. The second kappa shape index (κ2) is 6.08. The Labute approximate surface area is 109 Å². The second-order valence-corrected chi connectivity index (χ2v) is 3.90. The molecule has 19 heavy (non-hydrogen) atoms. The largest absolute Gasteiger partial charge is 0.462 e. The van der Waals surface area contributed by atoms with Crippen LogP contribution in [0.15, 0.2) is 28.8 Å². The Morgan fingerprint density at radius 3 is 3.00 bits per heavy atom. The summed E-state index contributed by atoms with van der Waals surface area (Å²) in [5.74, 6) is 0.373. The van der Waals surface area contributed by atoms with Crippen molar-refractivity contribution in [1.29, 1.82) is 0 Å². The topological polar surface area (TPSA) is 65.2 Å². The molecular weight excluding hydrogens is 251 g/mol. The van der Waals surface area contributed by atoms with Gasteiger partial charge in [-0.1, -0.05) is 17.3 Å². The number of alkyl halides is 1. The molecule has 2 aromatic rings. The number of carbonyl (C=O) groups excluding carboxylic acids is 1. The number of esters is 1. The molecule has 0 bridgehead atoms. The zero-order chi connectivity index (χ0) is 13.7. The lowest BCUT2D eigenvalue weighted by Gasteiger charge is -2.04. The van der Waals surface area contributed by atoms with Crippen molar-refractivity contribution in [3.8, 4) is 11.4 Å². The van der Waals surface area contributed by atoms with Crippen molar-refractivity contribution in [2.45, 2.75) is 13.3 Å². The highest BCUT2D eigenvalue weighted by atomic mass is 19.1. The first-order valence-electron chi connectivity index (χ1n) is 5.84. The Balaban J connectivity index is 2.13. The number of halogens is 1. The fourth-order valence-corrected chi connectivity index (χ4v) is 1.50. The third kappa shape index (κ3) is 3.37. The van der Waals surface area contributed by atoms with Gasteiger partial charge in [-0.15, -0.1) is 0 Å². The van der Waals surface area contributed by atoms with E-state index in [-0.39, 0.29) is 13.0 Å². The normalized spacial score (nSPS) is 10.4. The van der Waals surface area contributed by atoms with Crippen LogP contribution < -0.4 is 0 Å². The number of ether oxygens (including phenoxy) is 1. The maximum Gasteiger partial charge on any atom is 0.338 e. The molecule has 1 heterocycles. The summed E-state index contributed by atoms with van der Waals surface area (Å²) in [7, 11) is 0.